The molecule has 28 heavy (non-hydrogen) atoms. The summed E-state index contributed by atoms with van der Waals surface area (Å²) >= 11 is 5.85. The second kappa shape index (κ2) is 8.82. The van der Waals surface area contributed by atoms with Crippen LogP contribution in [0.25, 0.3) is 0 Å². The molecular formula is C20H21ClF3N2O2. The lowest BCUT2D eigenvalue weighted by Gasteiger charge is -2.26. The molecule has 2 rings (SSSR count). The Bertz CT molecular complexity index is 791. The molecule has 1 heterocycles. The van der Waals surface area contributed by atoms with Gasteiger partial charge in [0.1, 0.15) is 0 Å². The first-order chi connectivity index (χ1) is 13.0. The van der Waals surface area contributed by atoms with Crippen molar-refractivity contribution in [1.29, 1.82) is 0 Å². The number of rotatable bonds is 7. The molecule has 1 aromatic heterocycles. The number of pyridine rings is 1. The Morgan fingerprint density at radius 1 is 1.21 bits per heavy atom. The van der Waals surface area contributed by atoms with Crippen molar-refractivity contribution in [2.75, 3.05) is 0 Å². The van der Waals surface area contributed by atoms with E-state index in [4.69, 9.17) is 16.3 Å². The molecule has 0 aliphatic rings. The highest BCUT2D eigenvalue weighted by molar-refractivity contribution is 6.30. The Hall–Kier alpha value is -2.28. The molecule has 0 bridgehead atoms. The lowest BCUT2D eigenvalue weighted by molar-refractivity contribution is -0.138. The highest BCUT2D eigenvalue weighted by atomic mass is 35.5. The largest absolute Gasteiger partial charge is 0.462 e. The van der Waals surface area contributed by atoms with Crippen molar-refractivity contribution in [3.05, 3.63) is 65.7 Å². The van der Waals surface area contributed by atoms with Gasteiger partial charge in [0.25, 0.3) is 5.91 Å². The zero-order valence-corrected chi connectivity index (χ0v) is 16.3. The number of aromatic nitrogens is 1. The van der Waals surface area contributed by atoms with E-state index in [2.05, 4.69) is 17.2 Å². The Kier molecular flexibility index (Phi) is 6.93. The van der Waals surface area contributed by atoms with E-state index in [1.165, 1.54) is 13.8 Å². The number of benzene rings is 1. The summed E-state index contributed by atoms with van der Waals surface area (Å²) in [5, 5.41) is 3.40. The van der Waals surface area contributed by atoms with Gasteiger partial charge in [-0.05, 0) is 57.4 Å². The fourth-order valence-electron chi connectivity index (χ4n) is 2.34. The fraction of sp³-hybridized carbons (Fsp3) is 0.350. The van der Waals surface area contributed by atoms with Crippen LogP contribution in [0.1, 0.15) is 31.4 Å². The predicted molar refractivity (Wildman–Crippen MR) is 101 cm³/mol. The molecule has 1 radical (unpaired) electrons. The van der Waals surface area contributed by atoms with Gasteiger partial charge in [-0.15, -0.1) is 0 Å². The number of nitrogens with one attached hydrogen (secondary N) is 1. The Morgan fingerprint density at radius 3 is 2.39 bits per heavy atom. The first-order valence-corrected chi connectivity index (χ1v) is 8.96. The molecule has 0 saturated carbocycles. The molecule has 0 aliphatic carbocycles. The van der Waals surface area contributed by atoms with Gasteiger partial charge in [-0.25, -0.2) is 4.98 Å². The van der Waals surface area contributed by atoms with Gasteiger partial charge in [0, 0.05) is 23.3 Å². The van der Waals surface area contributed by atoms with Gasteiger partial charge in [-0.2, -0.15) is 13.2 Å². The van der Waals surface area contributed by atoms with Crippen LogP contribution in [0.15, 0.2) is 42.6 Å². The van der Waals surface area contributed by atoms with Crippen LogP contribution in [0.5, 0.6) is 5.88 Å². The molecule has 0 fully saturated rings. The van der Waals surface area contributed by atoms with Crippen molar-refractivity contribution in [3.63, 3.8) is 0 Å². The highest BCUT2D eigenvalue weighted by Crippen LogP contribution is 2.29. The van der Waals surface area contributed by atoms with Crippen LogP contribution in [-0.4, -0.2) is 22.5 Å². The Morgan fingerprint density at radius 2 is 1.86 bits per heavy atom. The van der Waals surface area contributed by atoms with Gasteiger partial charge < -0.3 is 10.1 Å². The smallest absolute Gasteiger partial charge is 0.417 e. The molecule has 2 aromatic rings. The highest BCUT2D eigenvalue weighted by Gasteiger charge is 2.33. The molecule has 151 valence electrons. The van der Waals surface area contributed by atoms with Crippen molar-refractivity contribution in [3.8, 4) is 5.88 Å². The normalized spacial score (nSPS) is 13.1. The number of hydrogen-bond donors (Lipinski definition) is 1. The zero-order valence-electron chi connectivity index (χ0n) is 15.5. The molecule has 1 atom stereocenters. The standard InChI is InChI=1S/C20H21ClF3N2O2/c1-13(4-5-14-6-9-16(21)10-7-14)26-18(27)19(2,3)28-17-11-8-15(12-25-17)20(22,23)24/h6-13H,1,4-5H2,2-3H3,(H,26,27)/t13-/m0/s1. The number of carbonyl (C=O) groups excluding carboxylic acids is 1. The zero-order chi connectivity index (χ0) is 20.9. The maximum atomic E-state index is 12.6. The van der Waals surface area contributed by atoms with Gasteiger partial charge in [-0.3, -0.25) is 4.79 Å². The second-order valence-corrected chi connectivity index (χ2v) is 7.27. The van der Waals surface area contributed by atoms with Crippen molar-refractivity contribution in [2.24, 2.45) is 0 Å². The van der Waals surface area contributed by atoms with Gasteiger partial charge in [-0.1, -0.05) is 23.7 Å². The summed E-state index contributed by atoms with van der Waals surface area (Å²) in [6.07, 6.45) is -2.52. The van der Waals surface area contributed by atoms with E-state index >= 15 is 0 Å². The Balaban J connectivity index is 1.89. The first kappa shape index (κ1) is 22.0. The van der Waals surface area contributed by atoms with Gasteiger partial charge in [0.15, 0.2) is 5.60 Å². The average molecular weight is 414 g/mol. The number of nitrogens with zero attached hydrogens (tertiary/aromatic N) is 1. The summed E-state index contributed by atoms with van der Waals surface area (Å²) < 4.78 is 43.2. The van der Waals surface area contributed by atoms with E-state index in [-0.39, 0.29) is 11.9 Å². The first-order valence-electron chi connectivity index (χ1n) is 8.58. The number of halogens is 4. The Labute approximate surface area is 167 Å². The van der Waals surface area contributed by atoms with E-state index in [1.807, 2.05) is 12.1 Å². The van der Waals surface area contributed by atoms with Crippen LogP contribution in [0.3, 0.4) is 0 Å². The van der Waals surface area contributed by atoms with Gasteiger partial charge in [0.05, 0.1) is 5.56 Å². The van der Waals surface area contributed by atoms with E-state index in [0.29, 0.717) is 24.1 Å². The van der Waals surface area contributed by atoms with E-state index < -0.39 is 23.2 Å². The van der Waals surface area contributed by atoms with Crippen molar-refractivity contribution in [1.82, 2.24) is 10.3 Å². The van der Waals surface area contributed by atoms with E-state index in [0.717, 1.165) is 17.7 Å². The molecule has 1 aromatic carbocycles. The summed E-state index contributed by atoms with van der Waals surface area (Å²) in [5.74, 6) is -0.514. The summed E-state index contributed by atoms with van der Waals surface area (Å²) in [6.45, 7) is 6.93. The molecule has 4 nitrogen and oxygen atoms in total. The van der Waals surface area contributed by atoms with Crippen molar-refractivity contribution < 1.29 is 22.7 Å². The summed E-state index contributed by atoms with van der Waals surface area (Å²) in [6, 6.07) is 8.96. The average Bonchev–Trinajstić information content (AvgIpc) is 2.60. The van der Waals surface area contributed by atoms with Gasteiger partial charge in [0.2, 0.25) is 5.88 Å². The van der Waals surface area contributed by atoms with Crippen LogP contribution >= 0.6 is 11.6 Å². The molecule has 8 heteroatoms. The molecular weight excluding hydrogens is 393 g/mol. The molecule has 0 aliphatic heterocycles. The summed E-state index contributed by atoms with van der Waals surface area (Å²) in [4.78, 5) is 16.1. The third kappa shape index (κ3) is 6.41. The second-order valence-electron chi connectivity index (χ2n) is 6.83. The molecule has 1 amide bonds. The minimum atomic E-state index is -4.48. The number of alkyl halides is 3. The third-order valence-electron chi connectivity index (χ3n) is 4.00. The van der Waals surface area contributed by atoms with Crippen LogP contribution in [0, 0.1) is 6.92 Å². The monoisotopic (exact) mass is 413 g/mol. The van der Waals surface area contributed by atoms with E-state index in [9.17, 15) is 18.0 Å². The number of aryl methyl sites for hydroxylation is 1. The minimum absolute atomic E-state index is 0.0741. The number of amides is 1. The van der Waals surface area contributed by atoms with Crippen LogP contribution in [-0.2, 0) is 17.4 Å². The maximum Gasteiger partial charge on any atom is 0.417 e. The summed E-state index contributed by atoms with van der Waals surface area (Å²) in [5.41, 5.74) is -1.15. The van der Waals surface area contributed by atoms with Crippen molar-refractivity contribution in [2.45, 2.75) is 44.5 Å². The number of hydrogen-bond acceptors (Lipinski definition) is 3. The lowest BCUT2D eigenvalue weighted by atomic mass is 10.0. The molecule has 0 spiro atoms. The predicted octanol–water partition coefficient (Wildman–Crippen LogP) is 4.86. The lowest BCUT2D eigenvalue weighted by Crippen LogP contribution is -2.49. The van der Waals surface area contributed by atoms with Crippen LogP contribution < -0.4 is 10.1 Å². The number of carbonyl (C=O) groups is 1. The summed E-state index contributed by atoms with van der Waals surface area (Å²) in [7, 11) is 0. The fourth-order valence-corrected chi connectivity index (χ4v) is 2.47. The van der Waals surface area contributed by atoms with Gasteiger partial charge >= 0.3 is 6.18 Å². The minimum Gasteiger partial charge on any atom is -0.462 e. The molecule has 0 unspecified atom stereocenters. The van der Waals surface area contributed by atoms with Crippen molar-refractivity contribution >= 4 is 17.5 Å². The number of ether oxygens (including phenoxy) is 1. The van der Waals surface area contributed by atoms with Crippen LogP contribution in [0.2, 0.25) is 5.02 Å². The third-order valence-corrected chi connectivity index (χ3v) is 4.25. The topological polar surface area (TPSA) is 51.2 Å². The van der Waals surface area contributed by atoms with E-state index in [1.54, 1.807) is 12.1 Å². The van der Waals surface area contributed by atoms with Crippen LogP contribution in [0.4, 0.5) is 13.2 Å². The molecule has 0 saturated heterocycles. The maximum absolute atomic E-state index is 12.6. The molecule has 1 N–H and O–H groups in total. The SMILES string of the molecule is [CH2][C@@H](CCc1ccc(Cl)cc1)NC(=O)C(C)(C)Oc1ccc(C(F)(F)F)cn1. The quantitative estimate of drug-likeness (QED) is 0.705.